The van der Waals surface area contributed by atoms with E-state index in [0.717, 1.165) is 19.6 Å². The van der Waals surface area contributed by atoms with Gasteiger partial charge in [-0.2, -0.15) is 0 Å². The van der Waals surface area contributed by atoms with Crippen LogP contribution in [0.5, 0.6) is 0 Å². The van der Waals surface area contributed by atoms with Crippen molar-refractivity contribution in [1.82, 2.24) is 4.90 Å². The Morgan fingerprint density at radius 1 is 1.32 bits per heavy atom. The number of likely N-dealkylation sites (tertiary alicyclic amines) is 1. The van der Waals surface area contributed by atoms with Gasteiger partial charge in [-0.15, -0.1) is 0 Å². The second kappa shape index (κ2) is 7.58. The number of rotatable bonds is 6. The molecule has 0 atom stereocenters. The zero-order valence-corrected chi connectivity index (χ0v) is 13.0. The van der Waals surface area contributed by atoms with Gasteiger partial charge in [-0.1, -0.05) is 35.0 Å². The second-order valence-corrected chi connectivity index (χ2v) is 5.81. The van der Waals surface area contributed by atoms with Crippen LogP contribution in [0.4, 0.5) is 0 Å². The highest BCUT2D eigenvalue weighted by atomic mass is 16.5. The van der Waals surface area contributed by atoms with E-state index in [2.05, 4.69) is 41.2 Å². The summed E-state index contributed by atoms with van der Waals surface area (Å²) in [5.74, 6) is 0.0935. The number of benzene rings is 1. The Labute approximate surface area is 131 Å². The molecule has 1 aromatic rings. The number of hydrogen-bond acceptors (Lipinski definition) is 5. The van der Waals surface area contributed by atoms with Crippen LogP contribution in [0.25, 0.3) is 0 Å². The average molecular weight is 307 g/mol. The lowest BCUT2D eigenvalue weighted by Gasteiger charge is -2.40. The third-order valence-electron chi connectivity index (χ3n) is 4.23. The van der Waals surface area contributed by atoms with Gasteiger partial charge in [-0.3, -0.25) is 4.90 Å². The average Bonchev–Trinajstić information content (AvgIpc) is 2.56. The van der Waals surface area contributed by atoms with Crippen molar-refractivity contribution >= 4 is 5.84 Å². The van der Waals surface area contributed by atoms with Gasteiger partial charge in [0.05, 0.1) is 13.2 Å². The number of piperidine rings is 1. The third kappa shape index (κ3) is 3.97. The Bertz CT molecular complexity index is 494. The Hall–Kier alpha value is -1.63. The number of hydrogen-bond donors (Lipinski definition) is 3. The summed E-state index contributed by atoms with van der Waals surface area (Å²) in [6.07, 6.45) is 1.30. The standard InChI is InChI=1S/C16H25N3O3/c1-13-2-4-14(5-3-13)12-19-8-6-16(7-9-19,15(17)18-21)22-11-10-20/h2-5,20-21H,6-12H2,1H3,(H2,17,18). The summed E-state index contributed by atoms with van der Waals surface area (Å²) < 4.78 is 5.69. The molecule has 0 amide bonds. The van der Waals surface area contributed by atoms with E-state index >= 15 is 0 Å². The van der Waals surface area contributed by atoms with Crippen molar-refractivity contribution in [3.63, 3.8) is 0 Å². The van der Waals surface area contributed by atoms with E-state index in [1.807, 2.05) is 0 Å². The monoisotopic (exact) mass is 307 g/mol. The summed E-state index contributed by atoms with van der Waals surface area (Å²) in [7, 11) is 0. The molecule has 1 saturated heterocycles. The van der Waals surface area contributed by atoms with Gasteiger partial charge in [0.15, 0.2) is 5.84 Å². The molecule has 0 aliphatic carbocycles. The van der Waals surface area contributed by atoms with E-state index in [-0.39, 0.29) is 19.0 Å². The first-order chi connectivity index (χ1) is 10.6. The highest BCUT2D eigenvalue weighted by Gasteiger charge is 2.39. The molecule has 0 spiro atoms. The number of aryl methyl sites for hydroxylation is 1. The van der Waals surface area contributed by atoms with Crippen LogP contribution in [0.15, 0.2) is 29.4 Å². The van der Waals surface area contributed by atoms with Crippen molar-refractivity contribution in [2.75, 3.05) is 26.3 Å². The number of aliphatic hydroxyl groups excluding tert-OH is 1. The molecule has 0 bridgehead atoms. The Morgan fingerprint density at radius 2 is 1.95 bits per heavy atom. The summed E-state index contributed by atoms with van der Waals surface area (Å²) in [5, 5.41) is 21.1. The van der Waals surface area contributed by atoms with Crippen LogP contribution in [0.3, 0.4) is 0 Å². The van der Waals surface area contributed by atoms with Gasteiger partial charge >= 0.3 is 0 Å². The van der Waals surface area contributed by atoms with Crippen LogP contribution in [0, 0.1) is 6.92 Å². The maximum atomic E-state index is 8.99. The van der Waals surface area contributed by atoms with Crippen LogP contribution in [-0.4, -0.2) is 53.0 Å². The number of ether oxygens (including phenoxy) is 1. The lowest BCUT2D eigenvalue weighted by molar-refractivity contribution is -0.0504. The van der Waals surface area contributed by atoms with Crippen molar-refractivity contribution in [1.29, 1.82) is 0 Å². The topological polar surface area (TPSA) is 91.3 Å². The number of amidine groups is 1. The van der Waals surface area contributed by atoms with E-state index in [4.69, 9.17) is 20.8 Å². The van der Waals surface area contributed by atoms with Gasteiger partial charge in [0.2, 0.25) is 0 Å². The third-order valence-corrected chi connectivity index (χ3v) is 4.23. The molecule has 0 unspecified atom stereocenters. The molecular weight excluding hydrogens is 282 g/mol. The smallest absolute Gasteiger partial charge is 0.171 e. The molecule has 1 fully saturated rings. The molecule has 22 heavy (non-hydrogen) atoms. The fourth-order valence-corrected chi connectivity index (χ4v) is 2.83. The van der Waals surface area contributed by atoms with Crippen LogP contribution in [-0.2, 0) is 11.3 Å². The van der Waals surface area contributed by atoms with Crippen LogP contribution in [0.2, 0.25) is 0 Å². The fraction of sp³-hybridized carbons (Fsp3) is 0.562. The Kier molecular flexibility index (Phi) is 5.76. The normalized spacial score (nSPS) is 19.3. The molecule has 2 rings (SSSR count). The van der Waals surface area contributed by atoms with E-state index in [1.54, 1.807) is 0 Å². The van der Waals surface area contributed by atoms with E-state index in [0.29, 0.717) is 12.8 Å². The lowest BCUT2D eigenvalue weighted by Crippen LogP contribution is -2.54. The van der Waals surface area contributed by atoms with Crippen molar-refractivity contribution in [2.45, 2.75) is 31.9 Å². The minimum Gasteiger partial charge on any atom is -0.409 e. The summed E-state index contributed by atoms with van der Waals surface area (Å²) in [6, 6.07) is 8.51. The number of oxime groups is 1. The first-order valence-electron chi connectivity index (χ1n) is 7.60. The van der Waals surface area contributed by atoms with Gasteiger partial charge in [0.25, 0.3) is 0 Å². The van der Waals surface area contributed by atoms with Crippen LogP contribution >= 0.6 is 0 Å². The molecule has 6 heteroatoms. The van der Waals surface area contributed by atoms with Gasteiger partial charge in [-0.25, -0.2) is 0 Å². The molecule has 0 aromatic heterocycles. The first kappa shape index (κ1) is 16.7. The summed E-state index contributed by atoms with van der Waals surface area (Å²) >= 11 is 0. The van der Waals surface area contributed by atoms with Gasteiger partial charge in [0, 0.05) is 19.6 Å². The molecule has 6 nitrogen and oxygen atoms in total. The maximum absolute atomic E-state index is 8.99. The quantitative estimate of drug-likeness (QED) is 0.317. The van der Waals surface area contributed by atoms with Crippen LogP contribution in [0.1, 0.15) is 24.0 Å². The lowest BCUT2D eigenvalue weighted by atomic mass is 9.89. The second-order valence-electron chi connectivity index (χ2n) is 5.81. The molecule has 1 aromatic carbocycles. The van der Waals surface area contributed by atoms with Crippen molar-refractivity contribution in [3.05, 3.63) is 35.4 Å². The summed E-state index contributed by atoms with van der Waals surface area (Å²) in [6.45, 7) is 4.67. The highest BCUT2D eigenvalue weighted by molar-refractivity contribution is 5.88. The molecule has 1 aliphatic rings. The van der Waals surface area contributed by atoms with Crippen molar-refractivity contribution < 1.29 is 15.1 Å². The number of nitrogens with two attached hydrogens (primary N) is 1. The summed E-state index contributed by atoms with van der Waals surface area (Å²) in [4.78, 5) is 2.33. The predicted octanol–water partition coefficient (Wildman–Crippen LogP) is 1.08. The molecule has 4 N–H and O–H groups in total. The fourth-order valence-electron chi connectivity index (χ4n) is 2.83. The molecular formula is C16H25N3O3. The van der Waals surface area contributed by atoms with Crippen LogP contribution < -0.4 is 5.73 Å². The predicted molar refractivity (Wildman–Crippen MR) is 84.9 cm³/mol. The highest BCUT2D eigenvalue weighted by Crippen LogP contribution is 2.27. The van der Waals surface area contributed by atoms with E-state index in [1.165, 1.54) is 11.1 Å². The zero-order valence-electron chi connectivity index (χ0n) is 13.0. The van der Waals surface area contributed by atoms with Gasteiger partial charge in [0.1, 0.15) is 5.60 Å². The number of nitrogens with zero attached hydrogens (tertiary/aromatic N) is 2. The molecule has 122 valence electrons. The van der Waals surface area contributed by atoms with Crippen molar-refractivity contribution in [3.8, 4) is 0 Å². The molecule has 1 aliphatic heterocycles. The van der Waals surface area contributed by atoms with E-state index < -0.39 is 5.60 Å². The van der Waals surface area contributed by atoms with Gasteiger partial charge in [-0.05, 0) is 25.3 Å². The number of aliphatic hydroxyl groups is 1. The maximum Gasteiger partial charge on any atom is 0.171 e. The SMILES string of the molecule is Cc1ccc(CN2CCC(OCCO)(C(N)=NO)CC2)cc1. The van der Waals surface area contributed by atoms with Gasteiger partial charge < -0.3 is 20.8 Å². The molecule has 0 radical (unpaired) electrons. The Morgan fingerprint density at radius 3 is 2.50 bits per heavy atom. The summed E-state index contributed by atoms with van der Waals surface area (Å²) in [5.41, 5.74) is 7.58. The Balaban J connectivity index is 1.96. The van der Waals surface area contributed by atoms with E-state index in [9.17, 15) is 0 Å². The molecule has 0 saturated carbocycles. The minimum atomic E-state index is -0.763. The minimum absolute atomic E-state index is 0.0759. The van der Waals surface area contributed by atoms with Crippen molar-refractivity contribution in [2.24, 2.45) is 10.9 Å². The largest absolute Gasteiger partial charge is 0.409 e. The molecule has 1 heterocycles. The zero-order chi connectivity index (χ0) is 16.0. The first-order valence-corrected chi connectivity index (χ1v) is 7.60.